The van der Waals surface area contributed by atoms with E-state index in [1.807, 2.05) is 0 Å². The van der Waals surface area contributed by atoms with Gasteiger partial charge in [0.1, 0.15) is 0 Å². The molecule has 86 valence electrons. The molecule has 0 spiro atoms. The third-order valence-corrected chi connectivity index (χ3v) is 4.02. The molecular weight excluding hydrogens is 248 g/mol. The van der Waals surface area contributed by atoms with Crippen molar-refractivity contribution in [1.82, 2.24) is 0 Å². The summed E-state index contributed by atoms with van der Waals surface area (Å²) >= 11 is 5.96. The molecule has 1 unspecified atom stereocenters. The highest BCUT2D eigenvalue weighted by Crippen LogP contribution is 2.29. The standard InChI is InChI=1S/C10H11ClN2O2S/c11-8-2-1-3-9(12)10(8)13-7-4-5-16(14,15)6-7/h1-5,7,13H,6,12H2. The Morgan fingerprint density at radius 1 is 1.44 bits per heavy atom. The Kier molecular flexibility index (Phi) is 2.82. The summed E-state index contributed by atoms with van der Waals surface area (Å²) in [7, 11) is -3.07. The largest absolute Gasteiger partial charge is 0.397 e. The minimum Gasteiger partial charge on any atom is -0.397 e. The first kappa shape index (κ1) is 11.3. The van der Waals surface area contributed by atoms with Gasteiger partial charge >= 0.3 is 0 Å². The van der Waals surface area contributed by atoms with Crippen molar-refractivity contribution in [2.75, 3.05) is 16.8 Å². The van der Waals surface area contributed by atoms with Crippen molar-refractivity contribution in [1.29, 1.82) is 0 Å². The van der Waals surface area contributed by atoms with Gasteiger partial charge in [-0.15, -0.1) is 0 Å². The van der Waals surface area contributed by atoms with Crippen LogP contribution in [0.5, 0.6) is 0 Å². The lowest BCUT2D eigenvalue weighted by Crippen LogP contribution is -2.21. The lowest BCUT2D eigenvalue weighted by molar-refractivity contribution is 0.605. The molecule has 1 atom stereocenters. The lowest BCUT2D eigenvalue weighted by Gasteiger charge is -2.14. The molecule has 0 aliphatic carbocycles. The number of para-hydroxylation sites is 1. The molecule has 0 radical (unpaired) electrons. The van der Waals surface area contributed by atoms with Crippen LogP contribution >= 0.6 is 11.6 Å². The minimum atomic E-state index is -3.07. The predicted molar refractivity (Wildman–Crippen MR) is 66.2 cm³/mol. The number of sulfone groups is 1. The Labute approximate surface area is 99.0 Å². The van der Waals surface area contributed by atoms with Crippen LogP contribution < -0.4 is 11.1 Å². The van der Waals surface area contributed by atoms with Crippen molar-refractivity contribution in [3.05, 3.63) is 34.7 Å². The van der Waals surface area contributed by atoms with Crippen molar-refractivity contribution in [3.8, 4) is 0 Å². The van der Waals surface area contributed by atoms with Gasteiger partial charge in [-0.1, -0.05) is 23.7 Å². The second-order valence-electron chi connectivity index (χ2n) is 3.61. The molecule has 0 bridgehead atoms. The molecule has 1 aliphatic rings. The summed E-state index contributed by atoms with van der Waals surface area (Å²) in [6.45, 7) is 0. The van der Waals surface area contributed by atoms with E-state index < -0.39 is 9.84 Å². The number of nitrogens with one attached hydrogen (secondary N) is 1. The number of anilines is 2. The van der Waals surface area contributed by atoms with E-state index in [9.17, 15) is 8.42 Å². The van der Waals surface area contributed by atoms with Gasteiger partial charge < -0.3 is 11.1 Å². The zero-order chi connectivity index (χ0) is 11.8. The molecule has 0 fully saturated rings. The van der Waals surface area contributed by atoms with Crippen LogP contribution in [0.15, 0.2) is 29.7 Å². The quantitative estimate of drug-likeness (QED) is 0.791. The van der Waals surface area contributed by atoms with E-state index in [4.69, 9.17) is 17.3 Å². The number of hydrogen-bond donors (Lipinski definition) is 2. The Morgan fingerprint density at radius 3 is 2.75 bits per heavy atom. The van der Waals surface area contributed by atoms with Gasteiger partial charge in [-0.05, 0) is 12.1 Å². The zero-order valence-corrected chi connectivity index (χ0v) is 9.92. The molecule has 1 heterocycles. The lowest BCUT2D eigenvalue weighted by atomic mass is 10.2. The molecule has 6 heteroatoms. The molecule has 16 heavy (non-hydrogen) atoms. The van der Waals surface area contributed by atoms with Gasteiger partial charge in [0.25, 0.3) is 0 Å². The summed E-state index contributed by atoms with van der Waals surface area (Å²) < 4.78 is 22.4. The molecule has 1 aliphatic heterocycles. The van der Waals surface area contributed by atoms with Crippen LogP contribution in [0.25, 0.3) is 0 Å². The van der Waals surface area contributed by atoms with Gasteiger partial charge in [-0.2, -0.15) is 0 Å². The average molecular weight is 259 g/mol. The number of hydrogen-bond acceptors (Lipinski definition) is 4. The molecule has 2 rings (SSSR count). The fourth-order valence-corrected chi connectivity index (χ4v) is 3.02. The normalized spacial score (nSPS) is 22.2. The monoisotopic (exact) mass is 258 g/mol. The number of halogens is 1. The van der Waals surface area contributed by atoms with Gasteiger partial charge in [-0.3, -0.25) is 0 Å². The number of nitrogen functional groups attached to an aromatic ring is 1. The fourth-order valence-electron chi connectivity index (χ4n) is 1.54. The van der Waals surface area contributed by atoms with Crippen molar-refractivity contribution in [2.45, 2.75) is 6.04 Å². The molecule has 3 N–H and O–H groups in total. The Bertz CT molecular complexity index is 520. The summed E-state index contributed by atoms with van der Waals surface area (Å²) in [6.07, 6.45) is 1.60. The minimum absolute atomic E-state index is 0.0393. The smallest absolute Gasteiger partial charge is 0.173 e. The third-order valence-electron chi connectivity index (χ3n) is 2.31. The fraction of sp³-hybridized carbons (Fsp3) is 0.200. The van der Waals surface area contributed by atoms with Gasteiger partial charge in [0.2, 0.25) is 0 Å². The van der Waals surface area contributed by atoms with Gasteiger partial charge in [0, 0.05) is 5.41 Å². The first-order valence-corrected chi connectivity index (χ1v) is 6.79. The van der Waals surface area contributed by atoms with E-state index in [0.29, 0.717) is 16.4 Å². The molecule has 0 saturated carbocycles. The maximum absolute atomic E-state index is 11.2. The molecule has 1 aromatic rings. The summed E-state index contributed by atoms with van der Waals surface area (Å²) in [5, 5.41) is 4.70. The van der Waals surface area contributed by atoms with Crippen LogP contribution in [-0.4, -0.2) is 20.2 Å². The van der Waals surface area contributed by atoms with Gasteiger partial charge in [0.05, 0.1) is 28.2 Å². The molecule has 0 saturated heterocycles. The van der Waals surface area contributed by atoms with Crippen LogP contribution in [-0.2, 0) is 9.84 Å². The highest BCUT2D eigenvalue weighted by molar-refractivity contribution is 7.94. The van der Waals surface area contributed by atoms with Crippen LogP contribution in [0, 0.1) is 0 Å². The first-order valence-electron chi connectivity index (χ1n) is 4.69. The molecule has 4 nitrogen and oxygen atoms in total. The zero-order valence-electron chi connectivity index (χ0n) is 8.35. The van der Waals surface area contributed by atoms with Gasteiger partial charge in [0.15, 0.2) is 9.84 Å². The van der Waals surface area contributed by atoms with E-state index in [2.05, 4.69) is 5.32 Å². The maximum atomic E-state index is 11.2. The van der Waals surface area contributed by atoms with Crippen molar-refractivity contribution in [2.24, 2.45) is 0 Å². The van der Waals surface area contributed by atoms with Crippen LogP contribution in [0.1, 0.15) is 0 Å². The Balaban J connectivity index is 2.20. The molecule has 0 aromatic heterocycles. The van der Waals surface area contributed by atoms with Crippen molar-refractivity contribution < 1.29 is 8.42 Å². The van der Waals surface area contributed by atoms with Crippen LogP contribution in [0.4, 0.5) is 11.4 Å². The van der Waals surface area contributed by atoms with Crippen molar-refractivity contribution >= 4 is 32.8 Å². The van der Waals surface area contributed by atoms with E-state index in [-0.39, 0.29) is 11.8 Å². The highest BCUT2D eigenvalue weighted by atomic mass is 35.5. The highest BCUT2D eigenvalue weighted by Gasteiger charge is 2.22. The average Bonchev–Trinajstić information content (AvgIpc) is 2.52. The van der Waals surface area contributed by atoms with E-state index in [1.54, 1.807) is 24.3 Å². The second kappa shape index (κ2) is 3.99. The molecule has 1 aromatic carbocycles. The summed E-state index contributed by atoms with van der Waals surface area (Å²) in [6, 6.07) is 4.88. The van der Waals surface area contributed by atoms with Crippen molar-refractivity contribution in [3.63, 3.8) is 0 Å². The van der Waals surface area contributed by atoms with E-state index in [1.165, 1.54) is 5.41 Å². The summed E-state index contributed by atoms with van der Waals surface area (Å²) in [5.74, 6) is 0.0393. The second-order valence-corrected chi connectivity index (χ2v) is 5.95. The maximum Gasteiger partial charge on any atom is 0.173 e. The van der Waals surface area contributed by atoms with E-state index >= 15 is 0 Å². The van der Waals surface area contributed by atoms with Crippen LogP contribution in [0.3, 0.4) is 0 Å². The molecular formula is C10H11ClN2O2S. The first-order chi connectivity index (χ1) is 7.48. The number of rotatable bonds is 2. The topological polar surface area (TPSA) is 72.2 Å². The SMILES string of the molecule is Nc1cccc(Cl)c1NC1C=CS(=O)(=O)C1. The molecule has 0 amide bonds. The van der Waals surface area contributed by atoms with Crippen LogP contribution in [0.2, 0.25) is 5.02 Å². The van der Waals surface area contributed by atoms with Gasteiger partial charge in [-0.25, -0.2) is 8.42 Å². The Morgan fingerprint density at radius 2 is 2.19 bits per heavy atom. The predicted octanol–water partition coefficient (Wildman–Crippen LogP) is 1.64. The summed E-state index contributed by atoms with van der Waals surface area (Å²) in [5.41, 5.74) is 6.83. The Hall–Kier alpha value is -1.20. The number of nitrogens with two attached hydrogens (primary N) is 1. The third kappa shape index (κ3) is 2.31. The number of benzene rings is 1. The summed E-state index contributed by atoms with van der Waals surface area (Å²) in [4.78, 5) is 0. The van der Waals surface area contributed by atoms with E-state index in [0.717, 1.165) is 0 Å².